The molecule has 0 aliphatic heterocycles. The Labute approximate surface area is 259 Å². The van der Waals surface area contributed by atoms with Gasteiger partial charge in [-0.05, 0) is 73.1 Å². The van der Waals surface area contributed by atoms with Crippen LogP contribution in [0.25, 0.3) is 33.5 Å². The summed E-state index contributed by atoms with van der Waals surface area (Å²) in [5, 5.41) is 5.77. The molecule has 0 bridgehead atoms. The van der Waals surface area contributed by atoms with Crippen molar-refractivity contribution in [1.82, 2.24) is 9.66 Å². The summed E-state index contributed by atoms with van der Waals surface area (Å²) in [6, 6.07) is 15.8. The Hall–Kier alpha value is -4.35. The Morgan fingerprint density at radius 1 is 1.12 bits per heavy atom. The van der Waals surface area contributed by atoms with Gasteiger partial charge in [0, 0.05) is 10.0 Å². The number of methoxy groups -OCH3 is 1. The maximum Gasteiger partial charge on any atom is 0.344 e. The lowest BCUT2D eigenvalue weighted by Gasteiger charge is -2.16. The summed E-state index contributed by atoms with van der Waals surface area (Å²) in [6.07, 6.45) is 1.16. The van der Waals surface area contributed by atoms with Crippen molar-refractivity contribution in [2.75, 3.05) is 20.3 Å². The van der Waals surface area contributed by atoms with Gasteiger partial charge in [-0.25, -0.2) is 9.78 Å². The molecule has 5 rings (SSSR count). The van der Waals surface area contributed by atoms with E-state index in [4.69, 9.17) is 39.9 Å². The molecule has 0 radical (unpaired) electrons. The van der Waals surface area contributed by atoms with E-state index in [0.717, 1.165) is 5.39 Å². The van der Waals surface area contributed by atoms with Crippen LogP contribution in [-0.2, 0) is 9.53 Å². The first kappa shape index (κ1) is 30.1. The zero-order valence-corrected chi connectivity index (χ0v) is 26.1. The van der Waals surface area contributed by atoms with Crippen LogP contribution in [0.4, 0.5) is 0 Å². The van der Waals surface area contributed by atoms with Crippen molar-refractivity contribution < 1.29 is 28.2 Å². The minimum atomic E-state index is -0.547. The number of esters is 1. The SMILES string of the molecule is CCOc1cc(C=Nn2c(-c3cc4c(OC)cccc4o3)nc3ccccc3c2=O)c(Br)c(Cl)c1OCC(=O)OC(C)C. The first-order valence-electron chi connectivity index (χ1n) is 13.3. The van der Waals surface area contributed by atoms with E-state index in [2.05, 4.69) is 21.0 Å². The minimum absolute atomic E-state index is 0.151. The molecule has 2 aromatic heterocycles. The van der Waals surface area contributed by atoms with Gasteiger partial charge in [0.05, 0.1) is 42.3 Å². The number of para-hydroxylation sites is 1. The Morgan fingerprint density at radius 3 is 2.65 bits per heavy atom. The Morgan fingerprint density at radius 2 is 1.91 bits per heavy atom. The van der Waals surface area contributed by atoms with Gasteiger partial charge in [-0.2, -0.15) is 9.78 Å². The largest absolute Gasteiger partial charge is 0.496 e. The van der Waals surface area contributed by atoms with Crippen LogP contribution in [0.5, 0.6) is 17.2 Å². The minimum Gasteiger partial charge on any atom is -0.496 e. The third-order valence-corrected chi connectivity index (χ3v) is 7.63. The normalized spacial score (nSPS) is 11.5. The first-order valence-corrected chi connectivity index (χ1v) is 14.5. The fraction of sp³-hybridized carbons (Fsp3) is 0.226. The van der Waals surface area contributed by atoms with Crippen molar-refractivity contribution in [1.29, 1.82) is 0 Å². The molecule has 0 aliphatic carbocycles. The number of benzene rings is 3. The molecule has 0 unspecified atom stereocenters. The number of nitrogens with zero attached hydrogens (tertiary/aromatic N) is 3. The molecular weight excluding hydrogens is 642 g/mol. The lowest BCUT2D eigenvalue weighted by atomic mass is 10.2. The zero-order valence-electron chi connectivity index (χ0n) is 23.7. The van der Waals surface area contributed by atoms with E-state index in [1.165, 1.54) is 10.9 Å². The molecule has 0 saturated carbocycles. The van der Waals surface area contributed by atoms with Gasteiger partial charge >= 0.3 is 5.97 Å². The molecule has 43 heavy (non-hydrogen) atoms. The van der Waals surface area contributed by atoms with Crippen LogP contribution < -0.4 is 19.8 Å². The van der Waals surface area contributed by atoms with Gasteiger partial charge in [-0.1, -0.05) is 29.8 Å². The molecule has 0 atom stereocenters. The van der Waals surface area contributed by atoms with E-state index < -0.39 is 11.5 Å². The fourth-order valence-corrected chi connectivity index (χ4v) is 5.01. The third-order valence-electron chi connectivity index (χ3n) is 6.19. The summed E-state index contributed by atoms with van der Waals surface area (Å²) < 4.78 is 29.7. The van der Waals surface area contributed by atoms with Crippen molar-refractivity contribution in [2.24, 2.45) is 5.10 Å². The van der Waals surface area contributed by atoms with E-state index in [-0.39, 0.29) is 35.1 Å². The maximum atomic E-state index is 13.7. The lowest BCUT2D eigenvalue weighted by molar-refractivity contribution is -0.149. The van der Waals surface area contributed by atoms with Gasteiger partial charge in [-0.15, -0.1) is 0 Å². The highest BCUT2D eigenvalue weighted by Crippen LogP contribution is 2.42. The smallest absolute Gasteiger partial charge is 0.344 e. The molecule has 0 fully saturated rings. The quantitative estimate of drug-likeness (QED) is 0.117. The Balaban J connectivity index is 1.61. The molecule has 3 aromatic carbocycles. The second-order valence-corrected chi connectivity index (χ2v) is 10.6. The first-order chi connectivity index (χ1) is 20.7. The number of rotatable bonds is 10. The zero-order chi connectivity index (χ0) is 30.7. The highest BCUT2D eigenvalue weighted by atomic mass is 79.9. The summed E-state index contributed by atoms with van der Waals surface area (Å²) in [4.78, 5) is 30.5. The van der Waals surface area contributed by atoms with Crippen LogP contribution in [0.15, 0.2) is 73.4 Å². The van der Waals surface area contributed by atoms with Crippen molar-refractivity contribution in [3.63, 3.8) is 0 Å². The van der Waals surface area contributed by atoms with E-state index in [1.54, 1.807) is 70.3 Å². The second kappa shape index (κ2) is 12.9. The van der Waals surface area contributed by atoms with Crippen LogP contribution in [0.2, 0.25) is 5.02 Å². The van der Waals surface area contributed by atoms with Crippen LogP contribution >= 0.6 is 27.5 Å². The Kier molecular flexibility index (Phi) is 9.02. The summed E-state index contributed by atoms with van der Waals surface area (Å²) in [7, 11) is 1.57. The summed E-state index contributed by atoms with van der Waals surface area (Å²) in [5.74, 6) is 1.03. The van der Waals surface area contributed by atoms with E-state index in [1.807, 2.05) is 12.1 Å². The van der Waals surface area contributed by atoms with Crippen molar-refractivity contribution in [3.05, 3.63) is 80.0 Å². The second-order valence-electron chi connectivity index (χ2n) is 9.48. The molecule has 12 heteroatoms. The number of carbonyl (C=O) groups is 1. The van der Waals surface area contributed by atoms with E-state index in [9.17, 15) is 9.59 Å². The van der Waals surface area contributed by atoms with Crippen LogP contribution in [0, 0.1) is 0 Å². The molecule has 0 N–H and O–H groups in total. The molecule has 222 valence electrons. The van der Waals surface area contributed by atoms with Gasteiger partial charge in [0.2, 0.25) is 5.82 Å². The van der Waals surface area contributed by atoms with Gasteiger partial charge in [0.25, 0.3) is 5.56 Å². The van der Waals surface area contributed by atoms with Gasteiger partial charge in [0.15, 0.2) is 23.9 Å². The Bertz CT molecular complexity index is 1920. The molecule has 0 amide bonds. The van der Waals surface area contributed by atoms with Crippen LogP contribution in [0.1, 0.15) is 26.3 Å². The van der Waals surface area contributed by atoms with E-state index in [0.29, 0.717) is 44.6 Å². The number of ether oxygens (including phenoxy) is 4. The maximum absolute atomic E-state index is 13.7. The summed E-state index contributed by atoms with van der Waals surface area (Å²) in [6.45, 7) is 5.23. The number of fused-ring (bicyclic) bond motifs is 2. The molecule has 0 saturated heterocycles. The third kappa shape index (κ3) is 6.23. The van der Waals surface area contributed by atoms with Crippen molar-refractivity contribution in [3.8, 4) is 28.8 Å². The average molecular weight is 669 g/mol. The molecule has 0 spiro atoms. The standard InChI is InChI=1S/C31H27BrClN3O7/c1-5-40-24-13-18(27(32)28(33)29(24)41-16-26(37)42-17(2)3)15-34-36-30(35-21-10-7-6-9-19(21)31(36)38)25-14-20-22(39-4)11-8-12-23(20)43-25/h6-15,17H,5,16H2,1-4H3. The molecule has 5 aromatic rings. The summed E-state index contributed by atoms with van der Waals surface area (Å²) >= 11 is 10.1. The predicted molar refractivity (Wildman–Crippen MR) is 168 cm³/mol. The number of carbonyl (C=O) groups excluding carboxylic acids is 1. The van der Waals surface area contributed by atoms with Gasteiger partial charge < -0.3 is 23.4 Å². The lowest BCUT2D eigenvalue weighted by Crippen LogP contribution is -2.20. The average Bonchev–Trinajstić information content (AvgIpc) is 3.43. The van der Waals surface area contributed by atoms with E-state index >= 15 is 0 Å². The number of hydrogen-bond acceptors (Lipinski definition) is 9. The van der Waals surface area contributed by atoms with Gasteiger partial charge in [0.1, 0.15) is 16.4 Å². The number of halogens is 2. The molecular formula is C31H27BrClN3O7. The number of hydrogen-bond donors (Lipinski definition) is 0. The number of furan rings is 1. The summed E-state index contributed by atoms with van der Waals surface area (Å²) in [5.41, 5.74) is 1.13. The fourth-order valence-electron chi connectivity index (χ4n) is 4.36. The number of aromatic nitrogens is 2. The molecule has 0 aliphatic rings. The topological polar surface area (TPSA) is 114 Å². The monoisotopic (exact) mass is 667 g/mol. The molecule has 2 heterocycles. The highest BCUT2D eigenvalue weighted by molar-refractivity contribution is 9.10. The highest BCUT2D eigenvalue weighted by Gasteiger charge is 2.21. The van der Waals surface area contributed by atoms with Crippen LogP contribution in [-0.4, -0.2) is 48.3 Å². The van der Waals surface area contributed by atoms with Crippen molar-refractivity contribution in [2.45, 2.75) is 26.9 Å². The van der Waals surface area contributed by atoms with Crippen LogP contribution in [0.3, 0.4) is 0 Å². The van der Waals surface area contributed by atoms with Gasteiger partial charge in [-0.3, -0.25) is 4.79 Å². The van der Waals surface area contributed by atoms with Crippen molar-refractivity contribution >= 4 is 61.6 Å². The predicted octanol–water partition coefficient (Wildman–Crippen LogP) is 6.85. The molecule has 10 nitrogen and oxygen atoms in total.